The number of aromatic amines is 1. The number of H-pyrrole nitrogens is 1. The standard InChI is InChI=1S/C70H95N15O17/c1-40(88)59(69(101)82-53(34-44-22-10-5-11-23-44)67(99)85-60(41(2)89)70(102)83-56(39-87)68(100)76-46(38-86)28-29-58(91)92)84-62(94)50(27-15-17-31-72)77-65(97)54(35-45-37-75-49-26-13-12-24-47(45)49)81-64(96)52(33-43-20-8-4-9-21-43)79-63(95)51(32-42-18-6-3-7-19-42)80-66(98)55(36-57(74)90)78-61(93)48(73)25-14-16-30-71/h3-13,18-24,26,37-38,40-41,46,48,50-56,59-60,75,87-89H,14-17,25,27-36,39,71-73H2,1-2H3,(H2,74,90)(H,76,100)(H,77,97)(H,78,93)(H,79,95)(H,80,98)(H,81,96)(H,82,101)(H,83,102)(H,84,94)(H,85,99)(H,91,92)/t40-,41-,46+,48+,50+,51+,52+,53+,54-,55+,56+,59+,60+/m1/s1. The normalized spacial score (nSPS) is 15.0. The van der Waals surface area contributed by atoms with E-state index < -0.39 is 169 Å². The van der Waals surface area contributed by atoms with Crippen LogP contribution in [0.2, 0.25) is 0 Å². The molecule has 102 heavy (non-hydrogen) atoms. The van der Waals surface area contributed by atoms with Crippen LogP contribution in [0.4, 0.5) is 0 Å². The molecular formula is C70H95N15O17. The van der Waals surface area contributed by atoms with Crippen LogP contribution in [0.15, 0.2) is 121 Å². The van der Waals surface area contributed by atoms with E-state index in [-0.39, 0.29) is 64.2 Å². The topological polar surface area (TPSA) is 543 Å². The number of aliphatic carboxylic acids is 1. The lowest BCUT2D eigenvalue weighted by Gasteiger charge is -2.29. The third kappa shape index (κ3) is 27.2. The van der Waals surface area contributed by atoms with Crippen molar-refractivity contribution in [2.75, 3.05) is 19.7 Å². The number of aliphatic hydroxyl groups excluding tert-OH is 3. The molecule has 0 fully saturated rings. The number of fused-ring (bicyclic) bond motifs is 1. The first-order valence-electron chi connectivity index (χ1n) is 33.5. The van der Waals surface area contributed by atoms with Crippen molar-refractivity contribution in [1.29, 1.82) is 0 Å². The molecule has 5 rings (SSSR count). The molecule has 0 aliphatic heterocycles. The van der Waals surface area contributed by atoms with Gasteiger partial charge in [-0.1, -0.05) is 116 Å². The molecule has 1 heterocycles. The maximum absolute atomic E-state index is 15.2. The Morgan fingerprint density at radius 3 is 1.27 bits per heavy atom. The van der Waals surface area contributed by atoms with Gasteiger partial charge in [-0.05, 0) is 93.8 Å². The summed E-state index contributed by atoms with van der Waals surface area (Å²) in [6.45, 7) is 1.72. The van der Waals surface area contributed by atoms with Crippen molar-refractivity contribution < 1.29 is 82.8 Å². The van der Waals surface area contributed by atoms with Gasteiger partial charge < -0.3 is 106 Å². The Morgan fingerprint density at radius 2 is 0.833 bits per heavy atom. The molecule has 0 spiro atoms. The Kier molecular flexibility index (Phi) is 34.3. The molecular weight excluding hydrogens is 1320 g/mol. The van der Waals surface area contributed by atoms with Crippen molar-refractivity contribution in [3.63, 3.8) is 0 Å². The van der Waals surface area contributed by atoms with Gasteiger partial charge in [-0.25, -0.2) is 0 Å². The van der Waals surface area contributed by atoms with Crippen LogP contribution in [0.3, 0.4) is 0 Å². The summed E-state index contributed by atoms with van der Waals surface area (Å²) in [6.07, 6.45) is -2.29. The fourth-order valence-corrected chi connectivity index (χ4v) is 10.9. The number of aromatic nitrogens is 1. The van der Waals surface area contributed by atoms with Gasteiger partial charge in [-0.2, -0.15) is 0 Å². The summed E-state index contributed by atoms with van der Waals surface area (Å²) in [5.74, 6) is -12.4. The van der Waals surface area contributed by atoms with Gasteiger partial charge in [-0.15, -0.1) is 0 Å². The molecule has 23 N–H and O–H groups in total. The predicted molar refractivity (Wildman–Crippen MR) is 373 cm³/mol. The van der Waals surface area contributed by atoms with Gasteiger partial charge in [0.25, 0.3) is 0 Å². The average Bonchev–Trinajstić information content (AvgIpc) is 1.58. The van der Waals surface area contributed by atoms with E-state index in [0.29, 0.717) is 59.0 Å². The maximum atomic E-state index is 15.2. The highest BCUT2D eigenvalue weighted by molar-refractivity contribution is 6.00. The third-order valence-electron chi connectivity index (χ3n) is 16.5. The van der Waals surface area contributed by atoms with Crippen molar-refractivity contribution in [2.45, 2.75) is 176 Å². The summed E-state index contributed by atoms with van der Waals surface area (Å²) >= 11 is 0. The smallest absolute Gasteiger partial charge is 0.303 e. The molecule has 0 aliphatic carbocycles. The first-order valence-corrected chi connectivity index (χ1v) is 33.5. The van der Waals surface area contributed by atoms with E-state index in [2.05, 4.69) is 58.2 Å². The average molecular weight is 1420 g/mol. The predicted octanol–water partition coefficient (Wildman–Crippen LogP) is -3.44. The van der Waals surface area contributed by atoms with Crippen molar-refractivity contribution in [2.24, 2.45) is 22.9 Å². The first-order chi connectivity index (χ1) is 48.7. The minimum Gasteiger partial charge on any atom is -0.481 e. The van der Waals surface area contributed by atoms with Crippen LogP contribution in [0, 0.1) is 0 Å². The van der Waals surface area contributed by atoms with Crippen LogP contribution >= 0.6 is 0 Å². The Hall–Kier alpha value is -10.5. The van der Waals surface area contributed by atoms with E-state index >= 15 is 9.59 Å². The summed E-state index contributed by atoms with van der Waals surface area (Å²) in [6, 6.07) is 14.9. The Balaban J connectivity index is 1.45. The zero-order valence-electron chi connectivity index (χ0n) is 56.8. The van der Waals surface area contributed by atoms with Gasteiger partial charge in [0.05, 0.1) is 37.3 Å². The number of carbonyl (C=O) groups is 13. The van der Waals surface area contributed by atoms with E-state index in [4.69, 9.17) is 28.0 Å². The van der Waals surface area contributed by atoms with Crippen LogP contribution in [0.25, 0.3) is 10.9 Å². The number of unbranched alkanes of at least 4 members (excludes halogenated alkanes) is 2. The lowest BCUT2D eigenvalue weighted by atomic mass is 10.00. The van der Waals surface area contributed by atoms with Gasteiger partial charge in [0.1, 0.15) is 60.7 Å². The number of hydrogen-bond acceptors (Lipinski definition) is 19. The van der Waals surface area contributed by atoms with Gasteiger partial charge in [-0.3, -0.25) is 57.5 Å². The number of nitrogens with one attached hydrogen (secondary N) is 11. The highest BCUT2D eigenvalue weighted by Gasteiger charge is 2.38. The van der Waals surface area contributed by atoms with Crippen LogP contribution < -0.4 is 76.1 Å². The molecule has 0 radical (unpaired) electrons. The number of para-hydroxylation sites is 1. The van der Waals surface area contributed by atoms with Crippen molar-refractivity contribution in [1.82, 2.24) is 58.2 Å². The number of carboxylic acids is 1. The minimum absolute atomic E-state index is 0.132. The SMILES string of the molecule is C[C@@H](O)[C@H](NC(=O)[C@H](Cc1ccccc1)NC(=O)[C@@H](NC(=O)[C@H](CCCCN)NC(=O)[C@@H](Cc1c[nH]c2ccccc12)NC(=O)[C@H](Cc1ccccc1)NC(=O)[C@H](Cc1ccccc1)NC(=O)[C@H](CC(N)=O)NC(=O)[C@@H](N)CCCCN)[C@@H](C)O)C(=O)N[C@@H](CO)C(=O)N[C@H](C=O)CCC(=O)O. The van der Waals surface area contributed by atoms with Gasteiger partial charge in [0.2, 0.25) is 65.0 Å². The number of amides is 11. The van der Waals surface area contributed by atoms with E-state index in [9.17, 15) is 68.1 Å². The monoisotopic (exact) mass is 1420 g/mol. The van der Waals surface area contributed by atoms with Gasteiger partial charge in [0.15, 0.2) is 0 Å². The minimum atomic E-state index is -1.89. The van der Waals surface area contributed by atoms with Crippen molar-refractivity contribution in [3.05, 3.63) is 144 Å². The number of primary amides is 1. The Labute approximate surface area is 589 Å². The second kappa shape index (κ2) is 42.6. The molecule has 4 aromatic carbocycles. The fraction of sp³-hybridized carbons (Fsp3) is 0.443. The largest absolute Gasteiger partial charge is 0.481 e. The Bertz CT molecular complexity index is 3600. The summed E-state index contributed by atoms with van der Waals surface area (Å²) in [7, 11) is 0. The van der Waals surface area contributed by atoms with E-state index in [1.807, 2.05) is 0 Å². The second-order valence-electron chi connectivity index (χ2n) is 24.7. The number of rotatable bonds is 45. The molecule has 5 aromatic rings. The van der Waals surface area contributed by atoms with Crippen LogP contribution in [-0.4, -0.2) is 201 Å². The number of aliphatic hydroxyl groups is 3. The number of carbonyl (C=O) groups excluding carboxylic acids is 12. The molecule has 552 valence electrons. The number of benzene rings is 4. The number of carboxylic acid groups (broad SMARTS) is 1. The zero-order valence-corrected chi connectivity index (χ0v) is 56.8. The summed E-state index contributed by atoms with van der Waals surface area (Å²) in [5.41, 5.74) is 25.9. The molecule has 1 aromatic heterocycles. The van der Waals surface area contributed by atoms with Crippen LogP contribution in [-0.2, 0) is 88.0 Å². The van der Waals surface area contributed by atoms with Crippen LogP contribution in [0.5, 0.6) is 0 Å². The number of aldehydes is 1. The molecule has 0 saturated heterocycles. The van der Waals surface area contributed by atoms with E-state index in [1.165, 1.54) is 0 Å². The third-order valence-corrected chi connectivity index (χ3v) is 16.5. The van der Waals surface area contributed by atoms with Gasteiger partial charge >= 0.3 is 5.97 Å². The quantitative estimate of drug-likeness (QED) is 0.0133. The number of nitrogens with two attached hydrogens (primary N) is 4. The molecule has 32 heteroatoms. The lowest BCUT2D eigenvalue weighted by Crippen LogP contribution is -2.63. The maximum Gasteiger partial charge on any atom is 0.303 e. The fourth-order valence-electron chi connectivity index (χ4n) is 10.9. The second-order valence-corrected chi connectivity index (χ2v) is 24.7. The summed E-state index contributed by atoms with van der Waals surface area (Å²) in [4.78, 5) is 181. The van der Waals surface area contributed by atoms with Crippen molar-refractivity contribution in [3.8, 4) is 0 Å². The molecule has 0 bridgehead atoms. The van der Waals surface area contributed by atoms with Crippen molar-refractivity contribution >= 4 is 88.1 Å². The highest BCUT2D eigenvalue weighted by Crippen LogP contribution is 2.21. The number of hydrogen-bond donors (Lipinski definition) is 19. The van der Waals surface area contributed by atoms with E-state index in [1.54, 1.807) is 121 Å². The van der Waals surface area contributed by atoms with Crippen LogP contribution in [0.1, 0.15) is 93.9 Å². The van der Waals surface area contributed by atoms with E-state index in [0.717, 1.165) is 13.8 Å². The lowest BCUT2D eigenvalue weighted by molar-refractivity contribution is -0.138. The summed E-state index contributed by atoms with van der Waals surface area (Å²) < 4.78 is 0. The summed E-state index contributed by atoms with van der Waals surface area (Å²) in [5, 5.41) is 66.9. The highest BCUT2D eigenvalue weighted by atomic mass is 16.4. The molecule has 0 saturated carbocycles. The zero-order chi connectivity index (χ0) is 74.8. The molecule has 13 atom stereocenters. The Morgan fingerprint density at radius 1 is 0.451 bits per heavy atom. The first kappa shape index (κ1) is 82.2. The molecule has 0 aliphatic rings. The van der Waals surface area contributed by atoms with Gasteiger partial charge in [0, 0.05) is 49.2 Å². The molecule has 32 nitrogen and oxygen atoms in total. The molecule has 0 unspecified atom stereocenters. The molecule has 11 amide bonds.